The van der Waals surface area contributed by atoms with Gasteiger partial charge in [0.15, 0.2) is 5.78 Å². The molecule has 0 fully saturated rings. The van der Waals surface area contributed by atoms with E-state index >= 15 is 0 Å². The molecule has 13 heavy (non-hydrogen) atoms. The lowest BCUT2D eigenvalue weighted by molar-refractivity contribution is -0.400. The molecule has 1 aromatic heterocycles. The first kappa shape index (κ1) is 9.60. The number of hydrogen-bond acceptors (Lipinski definition) is 4. The first-order valence-corrected chi connectivity index (χ1v) is 4.33. The Morgan fingerprint density at radius 3 is 2.77 bits per heavy atom. The first-order valence-electron chi connectivity index (χ1n) is 3.52. The third-order valence-corrected chi connectivity index (χ3v) is 2.49. The fourth-order valence-corrected chi connectivity index (χ4v) is 1.56. The van der Waals surface area contributed by atoms with Gasteiger partial charge in [0.2, 0.25) is 6.20 Å². The van der Waals surface area contributed by atoms with Crippen molar-refractivity contribution < 1.29 is 9.72 Å². The van der Waals surface area contributed by atoms with Gasteiger partial charge in [0, 0.05) is 11.0 Å². The Labute approximate surface area is 78.7 Å². The van der Waals surface area contributed by atoms with Crippen molar-refractivity contribution >= 4 is 23.2 Å². The van der Waals surface area contributed by atoms with Crippen LogP contribution in [-0.2, 0) is 0 Å². The molecule has 4 nitrogen and oxygen atoms in total. The van der Waals surface area contributed by atoms with E-state index in [0.717, 1.165) is 6.20 Å². The summed E-state index contributed by atoms with van der Waals surface area (Å²) < 4.78 is 0. The minimum atomic E-state index is -0.535. The molecule has 0 aliphatic carbocycles. The van der Waals surface area contributed by atoms with E-state index in [0.29, 0.717) is 9.75 Å². The van der Waals surface area contributed by atoms with E-state index in [9.17, 15) is 14.9 Å². The molecule has 1 heterocycles. The van der Waals surface area contributed by atoms with Crippen LogP contribution in [0.2, 0.25) is 0 Å². The lowest BCUT2D eigenvalue weighted by Gasteiger charge is -1.82. The molecule has 0 aromatic carbocycles. The third kappa shape index (κ3) is 2.79. The average Bonchev–Trinajstić information content (AvgIpc) is 2.48. The average molecular weight is 197 g/mol. The number of thiophene rings is 1. The highest BCUT2D eigenvalue weighted by Gasteiger charge is 2.02. The van der Waals surface area contributed by atoms with Gasteiger partial charge in [-0.3, -0.25) is 14.9 Å². The number of nitro groups is 1. The molecule has 1 aromatic rings. The Morgan fingerprint density at radius 1 is 1.62 bits per heavy atom. The normalized spacial score (nSPS) is 10.5. The second-order valence-electron chi connectivity index (χ2n) is 2.36. The molecule has 0 amide bonds. The van der Waals surface area contributed by atoms with Crippen molar-refractivity contribution in [2.45, 2.75) is 6.92 Å². The fourth-order valence-electron chi connectivity index (χ4n) is 0.766. The molecule has 0 bridgehead atoms. The maximum Gasteiger partial charge on any atom is 0.235 e. The molecular weight excluding hydrogens is 190 g/mol. The molecule has 0 radical (unpaired) electrons. The highest BCUT2D eigenvalue weighted by atomic mass is 32.1. The van der Waals surface area contributed by atoms with Gasteiger partial charge < -0.3 is 0 Å². The van der Waals surface area contributed by atoms with Gasteiger partial charge >= 0.3 is 0 Å². The Bertz CT molecular complexity index is 367. The van der Waals surface area contributed by atoms with E-state index in [2.05, 4.69) is 0 Å². The molecule has 0 aliphatic rings. The van der Waals surface area contributed by atoms with Gasteiger partial charge in [-0.1, -0.05) is 0 Å². The summed E-state index contributed by atoms with van der Waals surface area (Å²) in [6, 6.07) is 3.34. The van der Waals surface area contributed by atoms with E-state index in [1.807, 2.05) is 0 Å². The molecule has 5 heteroatoms. The number of rotatable bonds is 3. The molecule has 0 spiro atoms. The Hall–Kier alpha value is -1.49. The summed E-state index contributed by atoms with van der Waals surface area (Å²) in [7, 11) is 0. The molecular formula is C8H7NO3S. The smallest absolute Gasteiger partial charge is 0.235 e. The topological polar surface area (TPSA) is 60.2 Å². The van der Waals surface area contributed by atoms with Crippen LogP contribution in [-0.4, -0.2) is 10.7 Å². The highest BCUT2D eigenvalue weighted by molar-refractivity contribution is 7.14. The Balaban J connectivity index is 2.80. The van der Waals surface area contributed by atoms with Crippen LogP contribution in [0.25, 0.3) is 6.08 Å². The van der Waals surface area contributed by atoms with Crippen molar-refractivity contribution in [2.75, 3.05) is 0 Å². The molecule has 68 valence electrons. The Morgan fingerprint density at radius 2 is 2.31 bits per heavy atom. The van der Waals surface area contributed by atoms with Gasteiger partial charge in [-0.15, -0.1) is 11.3 Å². The third-order valence-electron chi connectivity index (χ3n) is 1.33. The fraction of sp³-hybridized carbons (Fsp3) is 0.125. The van der Waals surface area contributed by atoms with E-state index < -0.39 is 4.92 Å². The van der Waals surface area contributed by atoms with E-state index in [1.54, 1.807) is 12.1 Å². The molecule has 0 saturated heterocycles. The van der Waals surface area contributed by atoms with Gasteiger partial charge in [0.25, 0.3) is 0 Å². The zero-order valence-electron chi connectivity index (χ0n) is 6.89. The van der Waals surface area contributed by atoms with E-state index in [4.69, 9.17) is 0 Å². The number of carbonyl (C=O) groups excluding carboxylic acids is 1. The highest BCUT2D eigenvalue weighted by Crippen LogP contribution is 2.18. The molecule has 0 aliphatic heterocycles. The predicted molar refractivity (Wildman–Crippen MR) is 50.4 cm³/mol. The summed E-state index contributed by atoms with van der Waals surface area (Å²) in [4.78, 5) is 21.6. The van der Waals surface area contributed by atoms with Crippen LogP contribution < -0.4 is 0 Å². The van der Waals surface area contributed by atoms with Gasteiger partial charge in [0.1, 0.15) is 0 Å². The van der Waals surface area contributed by atoms with E-state index in [-0.39, 0.29) is 5.78 Å². The lowest BCUT2D eigenvalue weighted by Crippen LogP contribution is -1.83. The SMILES string of the molecule is CC(=O)c1ccc(C=C[N+](=O)[O-])s1. The molecule has 0 unspecified atom stereocenters. The Kier molecular flexibility index (Phi) is 2.92. The minimum Gasteiger partial charge on any atom is -0.294 e. The van der Waals surface area contributed by atoms with Crippen LogP contribution >= 0.6 is 11.3 Å². The van der Waals surface area contributed by atoms with Crippen LogP contribution in [0.4, 0.5) is 0 Å². The number of nitrogens with zero attached hydrogens (tertiary/aromatic N) is 1. The van der Waals surface area contributed by atoms with Crippen molar-refractivity contribution in [2.24, 2.45) is 0 Å². The number of ketones is 1. The van der Waals surface area contributed by atoms with Gasteiger partial charge in [-0.25, -0.2) is 0 Å². The van der Waals surface area contributed by atoms with Crippen molar-refractivity contribution in [1.82, 2.24) is 0 Å². The minimum absolute atomic E-state index is 0.0225. The second kappa shape index (κ2) is 3.95. The summed E-state index contributed by atoms with van der Waals surface area (Å²) in [5.41, 5.74) is 0. The summed E-state index contributed by atoms with van der Waals surface area (Å²) in [5, 5.41) is 9.97. The van der Waals surface area contributed by atoms with Crippen molar-refractivity contribution in [3.05, 3.63) is 38.2 Å². The van der Waals surface area contributed by atoms with Crippen molar-refractivity contribution in [3.8, 4) is 0 Å². The molecule has 1 rings (SSSR count). The van der Waals surface area contributed by atoms with Gasteiger partial charge in [-0.05, 0) is 19.1 Å². The summed E-state index contributed by atoms with van der Waals surface area (Å²) in [6.07, 6.45) is 2.23. The van der Waals surface area contributed by atoms with Crippen LogP contribution in [0, 0.1) is 10.1 Å². The quantitative estimate of drug-likeness (QED) is 0.424. The first-order chi connectivity index (χ1) is 6.09. The summed E-state index contributed by atoms with van der Waals surface area (Å²) >= 11 is 1.24. The monoisotopic (exact) mass is 197 g/mol. The summed E-state index contributed by atoms with van der Waals surface area (Å²) in [6.45, 7) is 1.47. The van der Waals surface area contributed by atoms with E-state index in [1.165, 1.54) is 24.3 Å². The van der Waals surface area contributed by atoms with Crippen LogP contribution in [0.15, 0.2) is 18.3 Å². The number of hydrogen-bond donors (Lipinski definition) is 0. The molecule has 0 N–H and O–H groups in total. The zero-order valence-corrected chi connectivity index (χ0v) is 7.71. The number of Topliss-reactive ketones (excluding diaryl/α,β-unsaturated/α-hetero) is 1. The van der Waals surface area contributed by atoms with Gasteiger partial charge in [0.05, 0.1) is 9.80 Å². The van der Waals surface area contributed by atoms with Crippen LogP contribution in [0.3, 0.4) is 0 Å². The maximum atomic E-state index is 10.8. The van der Waals surface area contributed by atoms with Crippen LogP contribution in [0.1, 0.15) is 21.5 Å². The van der Waals surface area contributed by atoms with Crippen LogP contribution in [0.5, 0.6) is 0 Å². The predicted octanol–water partition coefficient (Wildman–Crippen LogP) is 2.20. The van der Waals surface area contributed by atoms with Crippen molar-refractivity contribution in [3.63, 3.8) is 0 Å². The lowest BCUT2D eigenvalue weighted by atomic mass is 10.3. The maximum absolute atomic E-state index is 10.8. The van der Waals surface area contributed by atoms with Gasteiger partial charge in [-0.2, -0.15) is 0 Å². The number of carbonyl (C=O) groups is 1. The zero-order chi connectivity index (χ0) is 9.84. The largest absolute Gasteiger partial charge is 0.294 e. The van der Waals surface area contributed by atoms with Crippen molar-refractivity contribution in [1.29, 1.82) is 0 Å². The molecule has 0 atom stereocenters. The standard InChI is InChI=1S/C8H7NO3S/c1-6(10)8-3-2-7(13-8)4-5-9(11)12/h2-5H,1H3. The second-order valence-corrected chi connectivity index (χ2v) is 3.47. The molecule has 0 saturated carbocycles. The summed E-state index contributed by atoms with van der Waals surface area (Å²) in [5.74, 6) is -0.0225.